The van der Waals surface area contributed by atoms with Crippen molar-refractivity contribution in [1.82, 2.24) is 5.32 Å². The smallest absolute Gasteiger partial charge is 0.319 e. The van der Waals surface area contributed by atoms with E-state index < -0.39 is 0 Å². The van der Waals surface area contributed by atoms with Crippen molar-refractivity contribution in [2.24, 2.45) is 0 Å². The molecule has 0 bridgehead atoms. The number of amides is 2. The Labute approximate surface area is 113 Å². The predicted octanol–water partition coefficient (Wildman–Crippen LogP) is 2.39. The molecule has 1 atom stereocenters. The number of carbonyl (C=O) groups is 1. The minimum absolute atomic E-state index is 0.118. The van der Waals surface area contributed by atoms with Crippen LogP contribution in [0.1, 0.15) is 19.8 Å². The number of urea groups is 1. The van der Waals surface area contributed by atoms with Crippen LogP contribution >= 0.6 is 0 Å². The zero-order chi connectivity index (χ0) is 13.5. The SMILES string of the molecule is CCCOc1ccc(NC(=O)NC2CCOC2)cc1. The van der Waals surface area contributed by atoms with E-state index in [1.807, 2.05) is 24.3 Å². The van der Waals surface area contributed by atoms with Gasteiger partial charge in [-0.3, -0.25) is 0 Å². The van der Waals surface area contributed by atoms with E-state index in [2.05, 4.69) is 17.6 Å². The van der Waals surface area contributed by atoms with Gasteiger partial charge in [-0.2, -0.15) is 0 Å². The van der Waals surface area contributed by atoms with Gasteiger partial charge in [-0.05, 0) is 37.1 Å². The largest absolute Gasteiger partial charge is 0.494 e. The van der Waals surface area contributed by atoms with Crippen molar-refractivity contribution in [1.29, 1.82) is 0 Å². The quantitative estimate of drug-likeness (QED) is 0.858. The van der Waals surface area contributed by atoms with Crippen molar-refractivity contribution >= 4 is 11.7 Å². The summed E-state index contributed by atoms with van der Waals surface area (Å²) < 4.78 is 10.7. The Hall–Kier alpha value is -1.75. The zero-order valence-electron chi connectivity index (χ0n) is 11.1. The fourth-order valence-electron chi connectivity index (χ4n) is 1.86. The lowest BCUT2D eigenvalue weighted by atomic mass is 10.2. The maximum absolute atomic E-state index is 11.7. The van der Waals surface area contributed by atoms with E-state index in [0.717, 1.165) is 24.3 Å². The lowest BCUT2D eigenvalue weighted by molar-refractivity contribution is 0.189. The highest BCUT2D eigenvalue weighted by Crippen LogP contribution is 2.16. The monoisotopic (exact) mass is 264 g/mol. The maximum atomic E-state index is 11.7. The minimum Gasteiger partial charge on any atom is -0.494 e. The van der Waals surface area contributed by atoms with Crippen LogP contribution in [0.5, 0.6) is 5.75 Å². The van der Waals surface area contributed by atoms with Gasteiger partial charge in [0, 0.05) is 12.3 Å². The molecule has 0 radical (unpaired) electrons. The molecule has 5 heteroatoms. The standard InChI is InChI=1S/C14H20N2O3/c1-2-8-19-13-5-3-11(4-6-13)15-14(17)16-12-7-9-18-10-12/h3-6,12H,2,7-10H2,1H3,(H2,15,16,17). The molecule has 0 saturated carbocycles. The molecule has 2 amide bonds. The van der Waals surface area contributed by atoms with Crippen molar-refractivity contribution in [2.75, 3.05) is 25.1 Å². The van der Waals surface area contributed by atoms with Crippen LogP contribution in [-0.4, -0.2) is 31.9 Å². The molecule has 2 rings (SSSR count). The number of anilines is 1. The van der Waals surface area contributed by atoms with E-state index in [9.17, 15) is 4.79 Å². The van der Waals surface area contributed by atoms with Gasteiger partial charge in [0.15, 0.2) is 0 Å². The van der Waals surface area contributed by atoms with Crippen LogP contribution in [0.25, 0.3) is 0 Å². The van der Waals surface area contributed by atoms with Crippen LogP contribution in [0.3, 0.4) is 0 Å². The first-order chi connectivity index (χ1) is 9.28. The number of nitrogens with one attached hydrogen (secondary N) is 2. The summed E-state index contributed by atoms with van der Waals surface area (Å²) in [6.45, 7) is 4.08. The zero-order valence-corrected chi connectivity index (χ0v) is 11.1. The summed E-state index contributed by atoms with van der Waals surface area (Å²) in [5.41, 5.74) is 0.750. The number of benzene rings is 1. The molecular weight excluding hydrogens is 244 g/mol. The van der Waals surface area contributed by atoms with Gasteiger partial charge in [-0.1, -0.05) is 6.92 Å². The summed E-state index contributed by atoms with van der Waals surface area (Å²) in [5.74, 6) is 0.817. The Balaban J connectivity index is 1.79. The van der Waals surface area contributed by atoms with E-state index >= 15 is 0 Å². The van der Waals surface area contributed by atoms with Crippen LogP contribution in [0.2, 0.25) is 0 Å². The molecule has 2 N–H and O–H groups in total. The second kappa shape index (κ2) is 6.99. The van der Waals surface area contributed by atoms with Gasteiger partial charge in [-0.15, -0.1) is 0 Å². The summed E-state index contributed by atoms with van der Waals surface area (Å²) >= 11 is 0. The van der Waals surface area contributed by atoms with Crippen LogP contribution in [0.15, 0.2) is 24.3 Å². The molecule has 1 aliphatic heterocycles. The molecule has 1 unspecified atom stereocenters. The van der Waals surface area contributed by atoms with Crippen LogP contribution < -0.4 is 15.4 Å². The molecule has 1 fully saturated rings. The third kappa shape index (κ3) is 4.44. The molecule has 5 nitrogen and oxygen atoms in total. The van der Waals surface area contributed by atoms with Gasteiger partial charge in [0.05, 0.1) is 19.3 Å². The number of carbonyl (C=O) groups excluding carboxylic acids is 1. The first kappa shape index (κ1) is 13.7. The van der Waals surface area contributed by atoms with Crippen LogP contribution in [0.4, 0.5) is 10.5 Å². The minimum atomic E-state index is -0.197. The van der Waals surface area contributed by atoms with Gasteiger partial charge in [0.2, 0.25) is 0 Å². The first-order valence-electron chi connectivity index (χ1n) is 6.66. The van der Waals surface area contributed by atoms with Gasteiger partial charge < -0.3 is 20.1 Å². The van der Waals surface area contributed by atoms with Gasteiger partial charge in [0.1, 0.15) is 5.75 Å². The highest BCUT2D eigenvalue weighted by Gasteiger charge is 2.17. The normalized spacial score (nSPS) is 18.1. The summed E-state index contributed by atoms with van der Waals surface area (Å²) in [6, 6.07) is 7.28. The fraction of sp³-hybridized carbons (Fsp3) is 0.500. The summed E-state index contributed by atoms with van der Waals surface area (Å²) in [5, 5.41) is 5.66. The van der Waals surface area contributed by atoms with E-state index in [1.54, 1.807) is 0 Å². The second-order valence-corrected chi connectivity index (χ2v) is 4.53. The van der Waals surface area contributed by atoms with Crippen molar-refractivity contribution in [2.45, 2.75) is 25.8 Å². The average molecular weight is 264 g/mol. The predicted molar refractivity (Wildman–Crippen MR) is 73.6 cm³/mol. The Morgan fingerprint density at radius 3 is 2.84 bits per heavy atom. The van der Waals surface area contributed by atoms with Crippen LogP contribution in [0, 0.1) is 0 Å². The van der Waals surface area contributed by atoms with Crippen molar-refractivity contribution in [3.8, 4) is 5.75 Å². The molecule has 1 aromatic rings. The fourth-order valence-corrected chi connectivity index (χ4v) is 1.86. The highest BCUT2D eigenvalue weighted by molar-refractivity contribution is 5.89. The highest BCUT2D eigenvalue weighted by atomic mass is 16.5. The summed E-state index contributed by atoms with van der Waals surface area (Å²) in [6.07, 6.45) is 1.85. The molecular formula is C14H20N2O3. The Morgan fingerprint density at radius 1 is 1.42 bits per heavy atom. The Bertz CT molecular complexity index is 400. The molecule has 1 heterocycles. The summed E-state index contributed by atoms with van der Waals surface area (Å²) in [7, 11) is 0. The molecule has 0 spiro atoms. The van der Waals surface area contributed by atoms with Crippen molar-refractivity contribution < 1.29 is 14.3 Å². The van der Waals surface area contributed by atoms with Gasteiger partial charge in [-0.25, -0.2) is 4.79 Å². The first-order valence-corrected chi connectivity index (χ1v) is 6.66. The van der Waals surface area contributed by atoms with Gasteiger partial charge >= 0.3 is 6.03 Å². The number of hydrogen-bond donors (Lipinski definition) is 2. The summed E-state index contributed by atoms with van der Waals surface area (Å²) in [4.78, 5) is 11.7. The average Bonchev–Trinajstić information content (AvgIpc) is 2.90. The molecule has 0 aliphatic carbocycles. The van der Waals surface area contributed by atoms with E-state index in [1.165, 1.54) is 0 Å². The number of ether oxygens (including phenoxy) is 2. The van der Waals surface area contributed by atoms with Gasteiger partial charge in [0.25, 0.3) is 0 Å². The third-order valence-electron chi connectivity index (χ3n) is 2.85. The lowest BCUT2D eigenvalue weighted by Crippen LogP contribution is -2.38. The topological polar surface area (TPSA) is 59.6 Å². The molecule has 1 aromatic carbocycles. The molecule has 1 aliphatic rings. The van der Waals surface area contributed by atoms with Crippen molar-refractivity contribution in [3.05, 3.63) is 24.3 Å². The molecule has 0 aromatic heterocycles. The molecule has 1 saturated heterocycles. The number of hydrogen-bond acceptors (Lipinski definition) is 3. The third-order valence-corrected chi connectivity index (χ3v) is 2.85. The second-order valence-electron chi connectivity index (χ2n) is 4.53. The van der Waals surface area contributed by atoms with Crippen molar-refractivity contribution in [3.63, 3.8) is 0 Å². The molecule has 19 heavy (non-hydrogen) atoms. The Kier molecular flexibility index (Phi) is 5.03. The van der Waals surface area contributed by atoms with E-state index in [0.29, 0.717) is 19.8 Å². The lowest BCUT2D eigenvalue weighted by Gasteiger charge is -2.12. The van der Waals surface area contributed by atoms with E-state index in [4.69, 9.17) is 9.47 Å². The maximum Gasteiger partial charge on any atom is 0.319 e. The Morgan fingerprint density at radius 2 is 2.21 bits per heavy atom. The van der Waals surface area contributed by atoms with E-state index in [-0.39, 0.29) is 12.1 Å². The molecule has 104 valence electrons. The van der Waals surface area contributed by atoms with Crippen LogP contribution in [-0.2, 0) is 4.74 Å². The number of rotatable bonds is 5.